The molecule has 1 N–H and O–H groups in total. The van der Waals surface area contributed by atoms with Crippen LogP contribution in [0.3, 0.4) is 0 Å². The molecule has 0 atom stereocenters. The number of rotatable bonds is 5. The van der Waals surface area contributed by atoms with Crippen molar-refractivity contribution in [3.8, 4) is 0 Å². The van der Waals surface area contributed by atoms with Crippen molar-refractivity contribution in [2.45, 2.75) is 6.54 Å². The molecule has 0 aliphatic rings. The molecule has 1 aromatic rings. The Morgan fingerprint density at radius 2 is 2.00 bits per heavy atom. The fourth-order valence-corrected chi connectivity index (χ4v) is 0.953. The van der Waals surface area contributed by atoms with Crippen LogP contribution in [0.5, 0.6) is 0 Å². The SMILES string of the molecule is O=NCCNCc1ccccc1. The van der Waals surface area contributed by atoms with Gasteiger partial charge in [-0.2, -0.15) is 4.91 Å². The standard InChI is InChI=1S/C9H12N2O/c12-11-7-6-10-8-9-4-2-1-3-5-9/h1-5,10H,6-8H2. The molecule has 12 heavy (non-hydrogen) atoms. The maximum absolute atomic E-state index is 9.73. The molecule has 0 saturated carbocycles. The number of nitrogens with zero attached hydrogens (tertiary/aromatic N) is 1. The zero-order valence-electron chi connectivity index (χ0n) is 6.86. The third-order valence-corrected chi connectivity index (χ3v) is 1.55. The first-order chi connectivity index (χ1) is 5.93. The molecule has 3 nitrogen and oxygen atoms in total. The van der Waals surface area contributed by atoms with E-state index in [-0.39, 0.29) is 0 Å². The predicted octanol–water partition coefficient (Wildman–Crippen LogP) is 1.54. The van der Waals surface area contributed by atoms with E-state index in [9.17, 15) is 4.91 Å². The maximum Gasteiger partial charge on any atom is 0.0935 e. The van der Waals surface area contributed by atoms with Gasteiger partial charge in [-0.05, 0) is 5.56 Å². The van der Waals surface area contributed by atoms with Crippen molar-refractivity contribution in [1.29, 1.82) is 0 Å². The fourth-order valence-electron chi connectivity index (χ4n) is 0.953. The topological polar surface area (TPSA) is 41.5 Å². The highest BCUT2D eigenvalue weighted by Crippen LogP contribution is 1.96. The zero-order chi connectivity index (χ0) is 8.65. The summed E-state index contributed by atoms with van der Waals surface area (Å²) in [5, 5.41) is 5.86. The maximum atomic E-state index is 9.73. The largest absolute Gasteiger partial charge is 0.311 e. The number of benzene rings is 1. The number of nitroso groups, excluding NO2 is 1. The molecule has 0 aliphatic carbocycles. The van der Waals surface area contributed by atoms with Crippen molar-refractivity contribution in [3.05, 3.63) is 40.8 Å². The molecule has 1 rings (SSSR count). The van der Waals surface area contributed by atoms with Gasteiger partial charge in [0.2, 0.25) is 0 Å². The van der Waals surface area contributed by atoms with E-state index in [1.54, 1.807) is 0 Å². The minimum Gasteiger partial charge on any atom is -0.311 e. The first-order valence-electron chi connectivity index (χ1n) is 3.97. The van der Waals surface area contributed by atoms with Crippen LogP contribution in [0, 0.1) is 4.91 Å². The van der Waals surface area contributed by atoms with Gasteiger partial charge in [-0.25, -0.2) is 0 Å². The Labute approximate surface area is 71.8 Å². The van der Waals surface area contributed by atoms with Crippen LogP contribution in [-0.4, -0.2) is 13.1 Å². The van der Waals surface area contributed by atoms with Crippen LogP contribution in [-0.2, 0) is 6.54 Å². The lowest BCUT2D eigenvalue weighted by molar-refractivity contribution is 0.694. The van der Waals surface area contributed by atoms with Crippen LogP contribution < -0.4 is 5.32 Å². The second kappa shape index (κ2) is 5.43. The predicted molar refractivity (Wildman–Crippen MR) is 48.8 cm³/mol. The summed E-state index contributed by atoms with van der Waals surface area (Å²) in [5.74, 6) is 0. The summed E-state index contributed by atoms with van der Waals surface area (Å²) in [7, 11) is 0. The Balaban J connectivity index is 2.20. The van der Waals surface area contributed by atoms with E-state index in [4.69, 9.17) is 0 Å². The van der Waals surface area contributed by atoms with Gasteiger partial charge in [0.05, 0.1) is 6.54 Å². The lowest BCUT2D eigenvalue weighted by Gasteiger charge is -2.00. The number of nitrogens with one attached hydrogen (secondary N) is 1. The summed E-state index contributed by atoms with van der Waals surface area (Å²) in [4.78, 5) is 9.73. The molecule has 64 valence electrons. The van der Waals surface area contributed by atoms with Crippen molar-refractivity contribution in [2.75, 3.05) is 13.1 Å². The van der Waals surface area contributed by atoms with Gasteiger partial charge in [0.15, 0.2) is 0 Å². The zero-order valence-corrected chi connectivity index (χ0v) is 6.86. The van der Waals surface area contributed by atoms with Crippen molar-refractivity contribution in [2.24, 2.45) is 5.18 Å². The molecule has 0 heterocycles. The second-order valence-electron chi connectivity index (χ2n) is 2.52. The molecule has 0 fully saturated rings. The van der Waals surface area contributed by atoms with Crippen LogP contribution >= 0.6 is 0 Å². The number of hydrogen-bond donors (Lipinski definition) is 1. The molecule has 3 heteroatoms. The Kier molecular flexibility index (Phi) is 4.02. The highest BCUT2D eigenvalue weighted by Gasteiger charge is 1.89. The van der Waals surface area contributed by atoms with E-state index in [1.807, 2.05) is 30.3 Å². The summed E-state index contributed by atoms with van der Waals surface area (Å²) < 4.78 is 0. The van der Waals surface area contributed by atoms with E-state index < -0.39 is 0 Å². The molecule has 0 unspecified atom stereocenters. The van der Waals surface area contributed by atoms with Gasteiger partial charge >= 0.3 is 0 Å². The highest BCUT2D eigenvalue weighted by molar-refractivity contribution is 5.14. The van der Waals surface area contributed by atoms with Crippen molar-refractivity contribution in [3.63, 3.8) is 0 Å². The first kappa shape index (κ1) is 8.87. The summed E-state index contributed by atoms with van der Waals surface area (Å²) in [6, 6.07) is 10.1. The number of hydrogen-bond acceptors (Lipinski definition) is 3. The molecular formula is C9H12N2O. The van der Waals surface area contributed by atoms with Gasteiger partial charge < -0.3 is 5.32 Å². The lowest BCUT2D eigenvalue weighted by atomic mass is 10.2. The molecule has 0 radical (unpaired) electrons. The van der Waals surface area contributed by atoms with Gasteiger partial charge in [-0.3, -0.25) is 0 Å². The first-order valence-corrected chi connectivity index (χ1v) is 3.97. The summed E-state index contributed by atoms with van der Waals surface area (Å²) in [6.07, 6.45) is 0. The summed E-state index contributed by atoms with van der Waals surface area (Å²) in [6.45, 7) is 1.79. The van der Waals surface area contributed by atoms with E-state index in [0.29, 0.717) is 13.1 Å². The van der Waals surface area contributed by atoms with Gasteiger partial charge in [-0.1, -0.05) is 35.5 Å². The van der Waals surface area contributed by atoms with Gasteiger partial charge in [0.1, 0.15) is 0 Å². The van der Waals surface area contributed by atoms with E-state index >= 15 is 0 Å². The molecule has 0 saturated heterocycles. The smallest absolute Gasteiger partial charge is 0.0935 e. The monoisotopic (exact) mass is 164 g/mol. The molecule has 0 aromatic heterocycles. The normalized spacial score (nSPS) is 9.67. The van der Waals surface area contributed by atoms with E-state index in [1.165, 1.54) is 5.56 Å². The minimum absolute atomic E-state index is 0.340. The highest BCUT2D eigenvalue weighted by atomic mass is 16.3. The van der Waals surface area contributed by atoms with Crippen LogP contribution in [0.25, 0.3) is 0 Å². The second-order valence-corrected chi connectivity index (χ2v) is 2.52. The van der Waals surface area contributed by atoms with Crippen LogP contribution in [0.1, 0.15) is 5.56 Å². The fraction of sp³-hybridized carbons (Fsp3) is 0.333. The van der Waals surface area contributed by atoms with Crippen molar-refractivity contribution in [1.82, 2.24) is 5.32 Å². The molecule has 1 aromatic carbocycles. The lowest BCUT2D eigenvalue weighted by Crippen LogP contribution is -2.16. The third-order valence-electron chi connectivity index (χ3n) is 1.55. The molecule has 0 bridgehead atoms. The Morgan fingerprint density at radius 3 is 2.67 bits per heavy atom. The van der Waals surface area contributed by atoms with Gasteiger partial charge in [0, 0.05) is 13.1 Å². The molecular weight excluding hydrogens is 152 g/mol. The van der Waals surface area contributed by atoms with Crippen molar-refractivity contribution >= 4 is 0 Å². The average molecular weight is 164 g/mol. The Hall–Kier alpha value is -1.22. The Bertz CT molecular complexity index is 223. The van der Waals surface area contributed by atoms with Crippen molar-refractivity contribution < 1.29 is 0 Å². The molecule has 0 spiro atoms. The Morgan fingerprint density at radius 1 is 1.25 bits per heavy atom. The van der Waals surface area contributed by atoms with E-state index in [0.717, 1.165) is 6.54 Å². The summed E-state index contributed by atoms with van der Waals surface area (Å²) >= 11 is 0. The van der Waals surface area contributed by atoms with Gasteiger partial charge in [0.25, 0.3) is 0 Å². The quantitative estimate of drug-likeness (QED) is 0.529. The minimum atomic E-state index is 0.340. The average Bonchev–Trinajstić information content (AvgIpc) is 2.14. The van der Waals surface area contributed by atoms with Gasteiger partial charge in [-0.15, -0.1) is 0 Å². The van der Waals surface area contributed by atoms with E-state index in [2.05, 4.69) is 10.5 Å². The summed E-state index contributed by atoms with van der Waals surface area (Å²) in [5.41, 5.74) is 1.23. The van der Waals surface area contributed by atoms with Crippen LogP contribution in [0.2, 0.25) is 0 Å². The molecule has 0 aliphatic heterocycles. The third kappa shape index (κ3) is 3.25. The van der Waals surface area contributed by atoms with Crippen LogP contribution in [0.15, 0.2) is 35.5 Å². The van der Waals surface area contributed by atoms with Crippen LogP contribution in [0.4, 0.5) is 0 Å². The molecule has 0 amide bonds.